The van der Waals surface area contributed by atoms with Crippen molar-refractivity contribution in [2.45, 2.75) is 102 Å². The van der Waals surface area contributed by atoms with Gasteiger partial charge in [-0.05, 0) is 178 Å². The topological polar surface area (TPSA) is 199 Å². The van der Waals surface area contributed by atoms with Crippen LogP contribution in [0.2, 0.25) is 0 Å². The summed E-state index contributed by atoms with van der Waals surface area (Å²) in [7, 11) is 0. The molecule has 2 aromatic carbocycles. The average Bonchev–Trinajstić information content (AvgIpc) is 3.77. The molecular weight excluding hydrogens is 1210 g/mol. The zero-order valence-electron chi connectivity index (χ0n) is 39.9. The van der Waals surface area contributed by atoms with Crippen molar-refractivity contribution in [1.82, 2.24) is 48.3 Å². The predicted octanol–water partition coefficient (Wildman–Crippen LogP) is 8.71. The number of carbonyl (C=O) groups excluding carboxylic acids is 2. The number of rotatable bonds is 7. The minimum atomic E-state index is -0.667. The maximum absolute atomic E-state index is 14.1. The van der Waals surface area contributed by atoms with Crippen molar-refractivity contribution < 1.29 is 27.5 Å². The number of nitrogens with zero attached hydrogens (tertiary/aromatic N) is 8. The van der Waals surface area contributed by atoms with Crippen LogP contribution in [0, 0.1) is 24.6 Å². The van der Waals surface area contributed by atoms with Crippen LogP contribution in [-0.2, 0) is 4.74 Å². The second-order valence-electron chi connectivity index (χ2n) is 19.0. The molecule has 17 nitrogen and oxygen atoms in total. The molecule has 386 valence electrons. The molecule has 8 aromatic rings. The molecule has 0 bridgehead atoms. The molecule has 0 saturated heterocycles. The quantitative estimate of drug-likeness (QED) is 0.146. The molecule has 0 aliphatic heterocycles. The number of hydrogen-bond donors (Lipinski definition) is 2. The number of aromatic nitrogens is 8. The number of amides is 2. The summed E-state index contributed by atoms with van der Waals surface area (Å²) >= 11 is 4.27. The van der Waals surface area contributed by atoms with E-state index in [1.54, 1.807) is 45.0 Å². The number of benzene rings is 2. The Morgan fingerprint density at radius 1 is 0.635 bits per heavy atom. The van der Waals surface area contributed by atoms with Gasteiger partial charge in [0.15, 0.2) is 11.3 Å². The number of hydrogen-bond acceptors (Lipinski definition) is 10. The van der Waals surface area contributed by atoms with Crippen LogP contribution in [-0.4, -0.2) is 67.3 Å². The number of carbonyl (C=O) groups is 2. The summed E-state index contributed by atoms with van der Waals surface area (Å²) in [5, 5.41) is 5.89. The standard InChI is InChI=1S/C27H21F2IN6O3.C24H26FIN4O4.ClH/c28-15-4-9-23-33-22(14-34(23)13-15)25(37)32-18-5-7-19(8-6-18)36-26(38)21-10-16(29)12-31-24(21)35(27(36)39)20-3-1-2-17(30)11-20;1-24(2,3)34-22(32)28-16-7-9-17(10-8-16)30-21(31)19-11-14(25)13-27-20(19)29(23(30)33)18-6-4-5-15(26)12-18;/h1-4,9-14,18-19H,5-8H2,(H,32,37);4-6,11-13,16-17H,7-10H2,1-3H3,(H,28,32);1H. The van der Waals surface area contributed by atoms with Gasteiger partial charge in [0.1, 0.15) is 34.4 Å². The number of pyridine rings is 3. The van der Waals surface area contributed by atoms with Crippen molar-refractivity contribution in [3.05, 3.63) is 170 Å². The molecular formula is C51H48ClF3I2N10O7. The normalized spacial score (nSPS) is 17.8. The summed E-state index contributed by atoms with van der Waals surface area (Å²) in [6, 6.07) is 18.3. The van der Waals surface area contributed by atoms with Gasteiger partial charge in [-0.25, -0.2) is 51.6 Å². The van der Waals surface area contributed by atoms with Crippen molar-refractivity contribution in [1.29, 1.82) is 0 Å². The van der Waals surface area contributed by atoms with Crippen molar-refractivity contribution in [3.8, 4) is 11.4 Å². The third-order valence-electron chi connectivity index (χ3n) is 12.7. The molecule has 10 rings (SSSR count). The van der Waals surface area contributed by atoms with Crippen LogP contribution in [0.3, 0.4) is 0 Å². The first-order valence-electron chi connectivity index (χ1n) is 23.4. The Bertz CT molecular complexity index is 3710. The molecule has 0 radical (unpaired) electrons. The number of halogens is 6. The number of imidazole rings is 1. The molecule has 2 fully saturated rings. The van der Waals surface area contributed by atoms with Gasteiger partial charge in [-0.2, -0.15) is 0 Å². The predicted molar refractivity (Wildman–Crippen MR) is 290 cm³/mol. The number of ether oxygens (including phenoxy) is 1. The van der Waals surface area contributed by atoms with E-state index in [1.807, 2.05) is 24.3 Å². The second-order valence-corrected chi connectivity index (χ2v) is 21.5. The van der Waals surface area contributed by atoms with Crippen molar-refractivity contribution in [3.63, 3.8) is 0 Å². The van der Waals surface area contributed by atoms with Crippen molar-refractivity contribution in [2.75, 3.05) is 0 Å². The summed E-state index contributed by atoms with van der Waals surface area (Å²) in [5.74, 6) is -2.13. The summed E-state index contributed by atoms with van der Waals surface area (Å²) < 4.78 is 55.3. The minimum Gasteiger partial charge on any atom is -0.444 e. The fourth-order valence-electron chi connectivity index (χ4n) is 9.47. The Morgan fingerprint density at radius 3 is 1.57 bits per heavy atom. The van der Waals surface area contributed by atoms with Gasteiger partial charge in [0, 0.05) is 43.7 Å². The van der Waals surface area contributed by atoms with Gasteiger partial charge >= 0.3 is 17.5 Å². The fraction of sp³-hybridized carbons (Fsp3) is 0.314. The lowest BCUT2D eigenvalue weighted by Crippen LogP contribution is -2.45. The van der Waals surface area contributed by atoms with E-state index >= 15 is 0 Å². The Labute approximate surface area is 452 Å². The van der Waals surface area contributed by atoms with E-state index in [2.05, 4.69) is 70.8 Å². The molecule has 2 aliphatic rings. The highest BCUT2D eigenvalue weighted by Crippen LogP contribution is 2.30. The summed E-state index contributed by atoms with van der Waals surface area (Å²) in [5.41, 5.74) is -0.880. The van der Waals surface area contributed by atoms with E-state index in [9.17, 15) is 41.9 Å². The molecule has 74 heavy (non-hydrogen) atoms. The molecule has 2 N–H and O–H groups in total. The summed E-state index contributed by atoms with van der Waals surface area (Å²) in [4.78, 5) is 91.4. The first-order chi connectivity index (χ1) is 34.8. The van der Waals surface area contributed by atoms with Crippen LogP contribution in [0.5, 0.6) is 0 Å². The van der Waals surface area contributed by atoms with E-state index < -0.39 is 57.7 Å². The van der Waals surface area contributed by atoms with Crippen molar-refractivity contribution >= 4 is 97.3 Å². The lowest BCUT2D eigenvalue weighted by atomic mass is 9.90. The highest BCUT2D eigenvalue weighted by atomic mass is 127. The first-order valence-corrected chi connectivity index (χ1v) is 25.6. The first kappa shape index (κ1) is 53.9. The van der Waals surface area contributed by atoms with Gasteiger partial charge in [-0.3, -0.25) is 23.5 Å². The third-order valence-corrected chi connectivity index (χ3v) is 14.1. The van der Waals surface area contributed by atoms with Gasteiger partial charge in [0.25, 0.3) is 17.0 Å². The van der Waals surface area contributed by atoms with Crippen LogP contribution in [0.1, 0.15) is 94.7 Å². The highest BCUT2D eigenvalue weighted by Gasteiger charge is 2.31. The van der Waals surface area contributed by atoms with E-state index in [1.165, 1.54) is 47.2 Å². The Balaban J connectivity index is 0.000000196. The van der Waals surface area contributed by atoms with Gasteiger partial charge < -0.3 is 19.8 Å². The summed E-state index contributed by atoms with van der Waals surface area (Å²) in [6.45, 7) is 5.39. The molecule has 23 heteroatoms. The average molecular weight is 1260 g/mol. The molecule has 0 atom stereocenters. The SMILES string of the molecule is CC(C)(C)OC(=O)NC1CCC(n2c(=O)c3cc(F)cnc3n(-c3cccc(I)c3)c2=O)CC1.Cl.O=C(NC1CCC(n2c(=O)c3cc(F)cnc3n(-c3cccc(I)c3)c2=O)CC1)c1cn2cc(F)ccc2n1. The van der Waals surface area contributed by atoms with Gasteiger partial charge in [-0.1, -0.05) is 12.1 Å². The Kier molecular flexibility index (Phi) is 16.2. The molecule has 6 heterocycles. The maximum atomic E-state index is 14.1. The number of fused-ring (bicyclic) bond motifs is 3. The van der Waals surface area contributed by atoms with Crippen molar-refractivity contribution in [2.24, 2.45) is 0 Å². The number of nitrogens with one attached hydrogen (secondary N) is 2. The van der Waals surface area contributed by atoms with E-state index in [0.717, 1.165) is 31.7 Å². The van der Waals surface area contributed by atoms with Gasteiger partial charge in [0.2, 0.25) is 0 Å². The smallest absolute Gasteiger partial charge is 0.407 e. The largest absolute Gasteiger partial charge is 0.444 e. The minimum absolute atomic E-state index is 0. The summed E-state index contributed by atoms with van der Waals surface area (Å²) in [6.07, 6.45) is 8.36. The highest BCUT2D eigenvalue weighted by molar-refractivity contribution is 14.1. The molecule has 0 spiro atoms. The molecule has 0 unspecified atom stereocenters. The second kappa shape index (κ2) is 22.2. The van der Waals surface area contributed by atoms with Crippen LogP contribution in [0.4, 0.5) is 18.0 Å². The van der Waals surface area contributed by atoms with Crippen LogP contribution < -0.4 is 33.1 Å². The molecule has 6 aromatic heterocycles. The van der Waals surface area contributed by atoms with Gasteiger partial charge in [-0.15, -0.1) is 12.4 Å². The molecule has 2 amide bonds. The Morgan fingerprint density at radius 2 is 1.11 bits per heavy atom. The van der Waals surface area contributed by atoms with Crippen LogP contribution in [0.15, 0.2) is 117 Å². The molecule has 2 aliphatic carbocycles. The molecule has 2 saturated carbocycles. The fourth-order valence-corrected chi connectivity index (χ4v) is 10.5. The number of alkyl carbamates (subject to hydrolysis) is 1. The maximum Gasteiger partial charge on any atom is 0.407 e. The van der Waals surface area contributed by atoms with E-state index in [4.69, 9.17) is 4.74 Å². The lowest BCUT2D eigenvalue weighted by molar-refractivity contribution is 0.0487. The lowest BCUT2D eigenvalue weighted by Gasteiger charge is -2.31. The van der Waals surface area contributed by atoms with Crippen LogP contribution >= 0.6 is 57.6 Å². The Hall–Kier alpha value is -6.41. The van der Waals surface area contributed by atoms with E-state index in [0.29, 0.717) is 68.4 Å². The van der Waals surface area contributed by atoms with Gasteiger partial charge in [0.05, 0.1) is 34.5 Å². The van der Waals surface area contributed by atoms with E-state index in [-0.39, 0.29) is 64.2 Å². The zero-order valence-corrected chi connectivity index (χ0v) is 45.1. The zero-order chi connectivity index (χ0) is 51.9. The monoisotopic (exact) mass is 1260 g/mol. The van der Waals surface area contributed by atoms with Crippen LogP contribution in [0.25, 0.3) is 39.1 Å². The third kappa shape index (κ3) is 11.6.